The second kappa shape index (κ2) is 11.6. The van der Waals surface area contributed by atoms with E-state index in [1.807, 2.05) is 67.0 Å². The molecule has 0 saturated heterocycles. The Labute approximate surface area is 189 Å². The average molecular weight is 523 g/mol. The number of halogens is 1. The van der Waals surface area contributed by atoms with Gasteiger partial charge in [-0.05, 0) is 24.0 Å². The molecule has 0 aliphatic carbocycles. The second-order valence-electron chi connectivity index (χ2n) is 7.44. The van der Waals surface area contributed by atoms with E-state index in [-0.39, 0.29) is 30.9 Å². The predicted molar refractivity (Wildman–Crippen MR) is 123 cm³/mol. The zero-order valence-electron chi connectivity index (χ0n) is 17.1. The van der Waals surface area contributed by atoms with Gasteiger partial charge in [-0.1, -0.05) is 50.2 Å². The van der Waals surface area contributed by atoms with Crippen molar-refractivity contribution in [1.29, 1.82) is 0 Å². The van der Waals surface area contributed by atoms with Crippen molar-refractivity contribution >= 4 is 40.5 Å². The van der Waals surface area contributed by atoms with Crippen molar-refractivity contribution in [3.05, 3.63) is 70.1 Å². The second-order valence-corrected chi connectivity index (χ2v) is 8.48. The van der Waals surface area contributed by atoms with Crippen LogP contribution in [-0.4, -0.2) is 26.4 Å². The number of aromatic nitrogens is 1. The normalized spacial score (nSPS) is 11.7. The molecule has 8 heteroatoms. The molecule has 0 aliphatic heterocycles. The molecule has 0 saturated carbocycles. The van der Waals surface area contributed by atoms with E-state index in [1.54, 1.807) is 18.3 Å². The number of pyridine rings is 1. The van der Waals surface area contributed by atoms with Crippen LogP contribution in [0.15, 0.2) is 53.5 Å². The van der Waals surface area contributed by atoms with E-state index in [4.69, 9.17) is 0 Å². The van der Waals surface area contributed by atoms with Crippen LogP contribution in [0.25, 0.3) is 0 Å². The molecule has 1 heterocycles. The largest absolute Gasteiger partial charge is 0.345 e. The van der Waals surface area contributed by atoms with Gasteiger partial charge in [-0.3, -0.25) is 22.0 Å². The number of nitrogens with one attached hydrogen (secondary N) is 2. The van der Waals surface area contributed by atoms with Crippen LogP contribution in [0.1, 0.15) is 37.8 Å². The first-order chi connectivity index (χ1) is 14.3. The highest BCUT2D eigenvalue weighted by Crippen LogP contribution is 2.06. The first kappa shape index (κ1) is 23.8. The molecule has 0 radical (unpaired) electrons. The summed E-state index contributed by atoms with van der Waals surface area (Å²) in [4.78, 5) is 49.9. The van der Waals surface area contributed by atoms with Crippen LogP contribution < -0.4 is 16.2 Å². The monoisotopic (exact) mass is 523 g/mol. The van der Waals surface area contributed by atoms with Gasteiger partial charge in [0.25, 0.3) is 11.5 Å². The molecule has 0 aliphatic rings. The number of carbonyl (C=O) groups excluding carboxylic acids is 3. The summed E-state index contributed by atoms with van der Waals surface area (Å²) in [6, 6.07) is 11.4. The van der Waals surface area contributed by atoms with Crippen LogP contribution in [-0.2, 0) is 27.3 Å². The lowest BCUT2D eigenvalue weighted by Crippen LogP contribution is -2.49. The molecule has 0 bridgehead atoms. The number of carbonyl (C=O) groups is 3. The number of ketones is 1. The molecule has 160 valence electrons. The zero-order chi connectivity index (χ0) is 22.1. The van der Waals surface area contributed by atoms with Crippen LogP contribution in [0.3, 0.4) is 0 Å². The summed E-state index contributed by atoms with van der Waals surface area (Å²) in [5, 5.41) is 5.24. The van der Waals surface area contributed by atoms with Crippen molar-refractivity contribution in [3.8, 4) is 0 Å². The minimum atomic E-state index is -1.10. The van der Waals surface area contributed by atoms with Gasteiger partial charge in [0.2, 0.25) is 11.7 Å². The van der Waals surface area contributed by atoms with E-state index < -0.39 is 17.7 Å². The molecule has 30 heavy (non-hydrogen) atoms. The molecule has 1 aromatic carbocycles. The van der Waals surface area contributed by atoms with E-state index in [1.165, 1.54) is 2.78 Å². The van der Waals surface area contributed by atoms with Crippen LogP contribution in [0, 0.1) is 5.92 Å². The van der Waals surface area contributed by atoms with Crippen LogP contribution >= 0.6 is 22.9 Å². The van der Waals surface area contributed by atoms with Gasteiger partial charge in [0.15, 0.2) is 0 Å². The van der Waals surface area contributed by atoms with Gasteiger partial charge in [-0.25, -0.2) is 0 Å². The molecule has 0 fully saturated rings. The molecule has 1 aromatic heterocycles. The number of nitrogens with zero attached hydrogens (tertiary/aromatic N) is 1. The summed E-state index contributed by atoms with van der Waals surface area (Å²) in [6.07, 6.45) is 2.46. The Morgan fingerprint density at radius 1 is 1.07 bits per heavy atom. The van der Waals surface area contributed by atoms with Gasteiger partial charge in [0, 0.05) is 31.1 Å². The third-order valence-electron chi connectivity index (χ3n) is 4.53. The van der Waals surface area contributed by atoms with Crippen molar-refractivity contribution in [1.82, 2.24) is 13.4 Å². The van der Waals surface area contributed by atoms with E-state index >= 15 is 0 Å². The van der Waals surface area contributed by atoms with E-state index in [0.29, 0.717) is 17.9 Å². The summed E-state index contributed by atoms with van der Waals surface area (Å²) in [5.74, 6) is -1.55. The maximum atomic E-state index is 12.8. The lowest BCUT2D eigenvalue weighted by atomic mass is 10.0. The Balaban J connectivity index is 2.12. The lowest BCUT2D eigenvalue weighted by Gasteiger charge is -2.18. The van der Waals surface area contributed by atoms with Gasteiger partial charge in [0.05, 0.1) is 22.9 Å². The molecule has 2 rings (SSSR count). The molecular formula is C22H26IN3O4. The Kier molecular flexibility index (Phi) is 9.22. The number of rotatable bonds is 10. The minimum absolute atomic E-state index is 0.0479. The molecule has 7 nitrogen and oxygen atoms in total. The van der Waals surface area contributed by atoms with Crippen molar-refractivity contribution in [3.63, 3.8) is 0 Å². The van der Waals surface area contributed by atoms with Gasteiger partial charge in [0.1, 0.15) is 6.04 Å². The summed E-state index contributed by atoms with van der Waals surface area (Å²) >= 11 is 1.85. The quantitative estimate of drug-likeness (QED) is 0.369. The molecule has 2 amide bonds. The van der Waals surface area contributed by atoms with Gasteiger partial charge in [-0.15, -0.1) is 0 Å². The van der Waals surface area contributed by atoms with E-state index in [2.05, 4.69) is 10.6 Å². The first-order valence-electron chi connectivity index (χ1n) is 9.80. The SMILES string of the molecule is CC(C)CCC(=O)N[C@@H](Cc1cccn(I)c1=O)C(=O)C(=O)NCc1ccccc1. The summed E-state index contributed by atoms with van der Waals surface area (Å²) in [6.45, 7) is 4.20. The number of hydrogen-bond donors (Lipinski definition) is 2. The van der Waals surface area contributed by atoms with Crippen LogP contribution in [0.2, 0.25) is 0 Å². The Bertz CT molecular complexity index is 941. The first-order valence-corrected chi connectivity index (χ1v) is 10.8. The summed E-state index contributed by atoms with van der Waals surface area (Å²) in [7, 11) is 0. The fraction of sp³-hybridized carbons (Fsp3) is 0.364. The van der Waals surface area contributed by atoms with Gasteiger partial charge >= 0.3 is 0 Å². The van der Waals surface area contributed by atoms with Gasteiger partial charge in [-0.2, -0.15) is 0 Å². The predicted octanol–water partition coefficient (Wildman–Crippen LogP) is 2.40. The minimum Gasteiger partial charge on any atom is -0.345 e. The fourth-order valence-electron chi connectivity index (χ4n) is 2.81. The highest BCUT2D eigenvalue weighted by molar-refractivity contribution is 14.1. The molecule has 2 N–H and O–H groups in total. The Morgan fingerprint density at radius 3 is 2.43 bits per heavy atom. The summed E-state index contributed by atoms with van der Waals surface area (Å²) in [5.41, 5.74) is 0.925. The average Bonchev–Trinajstić information content (AvgIpc) is 2.73. The molecule has 1 atom stereocenters. The smallest absolute Gasteiger partial charge is 0.289 e. The molecule has 0 unspecified atom stereocenters. The van der Waals surface area contributed by atoms with Gasteiger partial charge < -0.3 is 10.6 Å². The Morgan fingerprint density at radius 2 is 1.77 bits per heavy atom. The van der Waals surface area contributed by atoms with Crippen LogP contribution in [0.5, 0.6) is 0 Å². The fourth-order valence-corrected chi connectivity index (χ4v) is 3.30. The van der Waals surface area contributed by atoms with E-state index in [9.17, 15) is 19.2 Å². The lowest BCUT2D eigenvalue weighted by molar-refractivity contribution is -0.140. The summed E-state index contributed by atoms with van der Waals surface area (Å²) < 4.78 is 1.37. The zero-order valence-corrected chi connectivity index (χ0v) is 19.2. The molecule has 0 spiro atoms. The topological polar surface area (TPSA) is 97.3 Å². The van der Waals surface area contributed by atoms with Crippen molar-refractivity contribution < 1.29 is 14.4 Å². The van der Waals surface area contributed by atoms with Crippen molar-refractivity contribution in [2.75, 3.05) is 0 Å². The molecule has 2 aromatic rings. The standard InChI is InChI=1S/C22H26IN3O4/c1-15(2)10-11-19(27)25-18(13-17-9-6-12-26(23)22(17)30)20(28)21(29)24-14-16-7-4-3-5-8-16/h3-9,12,15,18H,10-11,13-14H2,1-2H3,(H,24,29)(H,25,27)/t18-/m0/s1. The third kappa shape index (κ3) is 7.40. The third-order valence-corrected chi connectivity index (χ3v) is 5.29. The van der Waals surface area contributed by atoms with Crippen LogP contribution in [0.4, 0.5) is 0 Å². The Hall–Kier alpha value is -2.49. The number of amides is 2. The maximum Gasteiger partial charge on any atom is 0.289 e. The van der Waals surface area contributed by atoms with Crippen molar-refractivity contribution in [2.24, 2.45) is 5.92 Å². The number of Topliss-reactive ketones (excluding diaryl/α,β-unsaturated/α-hetero) is 1. The number of benzene rings is 1. The van der Waals surface area contributed by atoms with E-state index in [0.717, 1.165) is 5.56 Å². The highest BCUT2D eigenvalue weighted by Gasteiger charge is 2.28. The maximum absolute atomic E-state index is 12.8. The number of hydrogen-bond acceptors (Lipinski definition) is 4. The van der Waals surface area contributed by atoms with Crippen molar-refractivity contribution in [2.45, 2.75) is 45.7 Å². The highest BCUT2D eigenvalue weighted by atomic mass is 127. The molecular weight excluding hydrogens is 497 g/mol.